The Hall–Kier alpha value is -1.88. The molecule has 0 spiro atoms. The summed E-state index contributed by atoms with van der Waals surface area (Å²) in [5, 5.41) is 3.15. The van der Waals surface area contributed by atoms with Crippen molar-refractivity contribution in [3.05, 3.63) is 35.9 Å². The summed E-state index contributed by atoms with van der Waals surface area (Å²) in [7, 11) is 0. The van der Waals surface area contributed by atoms with Gasteiger partial charge in [-0.25, -0.2) is 0 Å². The average molecular weight is 331 g/mol. The summed E-state index contributed by atoms with van der Waals surface area (Å²) in [5.74, 6) is 0.0140. The first kappa shape index (κ1) is 17.0. The van der Waals surface area contributed by atoms with Crippen molar-refractivity contribution in [2.75, 3.05) is 19.7 Å². The van der Waals surface area contributed by atoms with Gasteiger partial charge < -0.3 is 15.0 Å². The molecule has 2 fully saturated rings. The first-order chi connectivity index (χ1) is 11.7. The number of benzene rings is 1. The van der Waals surface area contributed by atoms with Crippen molar-refractivity contribution in [3.8, 4) is 0 Å². The zero-order chi connectivity index (χ0) is 16.9. The lowest BCUT2D eigenvalue weighted by Gasteiger charge is -2.33. The average Bonchev–Trinajstić information content (AvgIpc) is 3.41. The number of amides is 1. The van der Waals surface area contributed by atoms with E-state index in [1.165, 1.54) is 4.90 Å². The van der Waals surface area contributed by atoms with Crippen LogP contribution in [-0.4, -0.2) is 37.6 Å². The smallest absolute Gasteiger partial charge is 0.309 e. The van der Waals surface area contributed by atoms with Crippen molar-refractivity contribution in [2.45, 2.75) is 44.7 Å². The molecule has 0 radical (unpaired) electrons. The van der Waals surface area contributed by atoms with E-state index in [0.717, 1.165) is 44.3 Å². The third-order valence-corrected chi connectivity index (χ3v) is 4.97. The van der Waals surface area contributed by atoms with Crippen molar-refractivity contribution in [1.29, 1.82) is 0 Å². The Kier molecular flexibility index (Phi) is 5.51. The topological polar surface area (TPSA) is 59.8 Å². The Morgan fingerprint density at radius 1 is 1.17 bits per heavy atom. The van der Waals surface area contributed by atoms with Crippen molar-refractivity contribution in [3.63, 3.8) is 0 Å². The summed E-state index contributed by atoms with van der Waals surface area (Å²) in [6, 6.07) is 10.2. The number of ether oxygens (including phenoxy) is 1. The molecule has 130 valence electrons. The molecule has 24 heavy (non-hydrogen) atoms. The van der Waals surface area contributed by atoms with Crippen LogP contribution >= 0.6 is 0 Å². The lowest BCUT2D eigenvalue weighted by atomic mass is 9.94. The number of hydrogen-bond acceptors (Lipinski definition) is 3. The molecule has 1 aromatic rings. The molecule has 0 bridgehead atoms. The second-order valence-electron chi connectivity index (χ2n) is 6.81. The van der Waals surface area contributed by atoms with Crippen molar-refractivity contribution < 1.29 is 19.2 Å². The van der Waals surface area contributed by atoms with Gasteiger partial charge in [-0.15, -0.1) is 0 Å². The Labute approximate surface area is 143 Å². The highest BCUT2D eigenvalue weighted by Gasteiger charge is 2.38. The molecule has 5 heteroatoms. The zero-order valence-electron chi connectivity index (χ0n) is 14.3. The summed E-state index contributed by atoms with van der Waals surface area (Å²) < 4.78 is 5.14. The van der Waals surface area contributed by atoms with E-state index in [1.54, 1.807) is 0 Å². The van der Waals surface area contributed by atoms with Crippen LogP contribution in [0.15, 0.2) is 30.3 Å². The van der Waals surface area contributed by atoms with Gasteiger partial charge >= 0.3 is 5.97 Å². The van der Waals surface area contributed by atoms with Crippen LogP contribution in [0.25, 0.3) is 0 Å². The van der Waals surface area contributed by atoms with E-state index in [1.807, 2.05) is 37.3 Å². The molecule has 1 aliphatic heterocycles. The number of carbonyl (C=O) groups is 2. The summed E-state index contributed by atoms with van der Waals surface area (Å²) in [5.41, 5.74) is 1.06. The highest BCUT2D eigenvalue weighted by molar-refractivity contribution is 5.82. The van der Waals surface area contributed by atoms with E-state index < -0.39 is 0 Å². The van der Waals surface area contributed by atoms with Gasteiger partial charge in [0.1, 0.15) is 0 Å². The van der Waals surface area contributed by atoms with Crippen molar-refractivity contribution >= 4 is 11.9 Å². The molecule has 1 aliphatic carbocycles. The fourth-order valence-electron chi connectivity index (χ4n) is 3.50. The molecule has 1 heterocycles. The molecule has 0 unspecified atom stereocenters. The molecule has 1 saturated heterocycles. The first-order valence-corrected chi connectivity index (χ1v) is 9.05. The van der Waals surface area contributed by atoms with Crippen LogP contribution in [0, 0.1) is 5.92 Å². The second-order valence-corrected chi connectivity index (χ2v) is 6.81. The predicted octanol–water partition coefficient (Wildman–Crippen LogP) is 0.864. The summed E-state index contributed by atoms with van der Waals surface area (Å²) in [4.78, 5) is 26.0. The largest absolute Gasteiger partial charge is 0.466 e. The standard InChI is InChI=1S/C19H26N2O3/c1-2-24-19(23)15-10-12-21(13-11-15)17(14-6-4-3-5-7-14)18(22)20-16-8-9-16/h3-7,15-17H,2,8-13H2,1H3,(H,20,22)/p+1/t17-/m0/s1. The van der Waals surface area contributed by atoms with Crippen LogP contribution in [0.2, 0.25) is 0 Å². The van der Waals surface area contributed by atoms with Crippen LogP contribution < -0.4 is 10.2 Å². The molecule has 2 aliphatic rings. The van der Waals surface area contributed by atoms with Gasteiger partial charge in [-0.1, -0.05) is 30.3 Å². The Morgan fingerprint density at radius 2 is 1.83 bits per heavy atom. The molecule has 1 amide bonds. The van der Waals surface area contributed by atoms with E-state index in [-0.39, 0.29) is 23.8 Å². The fraction of sp³-hybridized carbons (Fsp3) is 0.579. The third kappa shape index (κ3) is 4.15. The van der Waals surface area contributed by atoms with Gasteiger partial charge in [0.25, 0.3) is 5.91 Å². The minimum absolute atomic E-state index is 0.0170. The number of carbonyl (C=O) groups excluding carboxylic acids is 2. The number of nitrogens with one attached hydrogen (secondary N) is 2. The molecular formula is C19H27N2O3+. The van der Waals surface area contributed by atoms with Gasteiger partial charge in [0.2, 0.25) is 0 Å². The molecule has 5 nitrogen and oxygen atoms in total. The summed E-state index contributed by atoms with van der Waals surface area (Å²) in [6.07, 6.45) is 3.75. The molecule has 0 aromatic heterocycles. The van der Waals surface area contributed by atoms with Crippen LogP contribution in [0.3, 0.4) is 0 Å². The fourth-order valence-corrected chi connectivity index (χ4v) is 3.50. The maximum atomic E-state index is 12.8. The van der Waals surface area contributed by atoms with E-state index in [0.29, 0.717) is 12.6 Å². The first-order valence-electron chi connectivity index (χ1n) is 9.05. The molecule has 2 N–H and O–H groups in total. The van der Waals surface area contributed by atoms with E-state index in [2.05, 4.69) is 5.32 Å². The molecule has 3 rings (SSSR count). The Bertz CT molecular complexity index is 563. The number of hydrogen-bond donors (Lipinski definition) is 2. The van der Waals surface area contributed by atoms with Gasteiger partial charge in [0.05, 0.1) is 25.6 Å². The van der Waals surface area contributed by atoms with Crippen LogP contribution in [0.4, 0.5) is 0 Å². The normalized spacial score (nSPS) is 24.9. The van der Waals surface area contributed by atoms with Gasteiger partial charge in [0, 0.05) is 24.4 Å². The maximum Gasteiger partial charge on any atom is 0.309 e. The zero-order valence-corrected chi connectivity index (χ0v) is 14.3. The van der Waals surface area contributed by atoms with Crippen LogP contribution in [0.5, 0.6) is 0 Å². The number of piperidine rings is 1. The molecular weight excluding hydrogens is 304 g/mol. The second kappa shape index (κ2) is 7.79. The maximum absolute atomic E-state index is 12.8. The molecule has 1 atom stereocenters. The number of likely N-dealkylation sites (tertiary alicyclic amines) is 1. The minimum atomic E-state index is -0.185. The van der Waals surface area contributed by atoms with Gasteiger partial charge in [-0.3, -0.25) is 9.59 Å². The van der Waals surface area contributed by atoms with Gasteiger partial charge in [0.15, 0.2) is 6.04 Å². The Balaban J connectivity index is 1.67. The lowest BCUT2D eigenvalue weighted by Crippen LogP contribution is -3.14. The number of esters is 1. The lowest BCUT2D eigenvalue weighted by molar-refractivity contribution is -0.927. The van der Waals surface area contributed by atoms with E-state index in [4.69, 9.17) is 4.74 Å². The summed E-state index contributed by atoms with van der Waals surface area (Å²) >= 11 is 0. The monoisotopic (exact) mass is 331 g/mol. The van der Waals surface area contributed by atoms with Crippen molar-refractivity contribution in [2.24, 2.45) is 5.92 Å². The van der Waals surface area contributed by atoms with E-state index >= 15 is 0 Å². The predicted molar refractivity (Wildman–Crippen MR) is 90.4 cm³/mol. The summed E-state index contributed by atoms with van der Waals surface area (Å²) in [6.45, 7) is 3.91. The third-order valence-electron chi connectivity index (χ3n) is 4.97. The minimum Gasteiger partial charge on any atom is -0.466 e. The van der Waals surface area contributed by atoms with Crippen LogP contribution in [0.1, 0.15) is 44.2 Å². The SMILES string of the molecule is CCOC(=O)C1CC[NH+]([C@H](C(=O)NC2CC2)c2ccccc2)CC1. The molecule has 1 saturated carbocycles. The number of quaternary nitrogens is 1. The quantitative estimate of drug-likeness (QED) is 0.760. The molecule has 1 aromatic carbocycles. The van der Waals surface area contributed by atoms with E-state index in [9.17, 15) is 9.59 Å². The van der Waals surface area contributed by atoms with Gasteiger partial charge in [-0.05, 0) is 19.8 Å². The van der Waals surface area contributed by atoms with Crippen LogP contribution in [-0.2, 0) is 14.3 Å². The highest BCUT2D eigenvalue weighted by atomic mass is 16.5. The number of rotatable bonds is 6. The van der Waals surface area contributed by atoms with Crippen molar-refractivity contribution in [1.82, 2.24) is 5.32 Å². The Morgan fingerprint density at radius 3 is 2.42 bits per heavy atom. The highest BCUT2D eigenvalue weighted by Crippen LogP contribution is 2.21. The van der Waals surface area contributed by atoms with Gasteiger partial charge in [-0.2, -0.15) is 0 Å².